The third kappa shape index (κ3) is 7.01. The number of anilines is 2. The topological polar surface area (TPSA) is 91.2 Å². The molecule has 3 heterocycles. The Morgan fingerprint density at radius 2 is 2.11 bits per heavy atom. The van der Waals surface area contributed by atoms with Gasteiger partial charge in [0.2, 0.25) is 0 Å². The summed E-state index contributed by atoms with van der Waals surface area (Å²) >= 11 is 0.924. The van der Waals surface area contributed by atoms with E-state index in [1.54, 1.807) is 11.8 Å². The molecule has 8 nitrogen and oxygen atoms in total. The van der Waals surface area contributed by atoms with Crippen LogP contribution >= 0.6 is 11.5 Å². The lowest BCUT2D eigenvalue weighted by Crippen LogP contribution is -2.34. The molecule has 1 saturated heterocycles. The number of carbonyl (C=O) groups excluding carboxylic acids is 1. The SMILES string of the molecule is Cc1nsc(NC2=NCC(C(F)(F)F)N=C2)c1C(=O)Nc1ccc(F)c(OCC2CCN(CC(F)F)C2)c1. The lowest BCUT2D eigenvalue weighted by atomic mass is 10.1. The highest BCUT2D eigenvalue weighted by Crippen LogP contribution is 2.29. The summed E-state index contributed by atoms with van der Waals surface area (Å²) in [5, 5.41) is 5.68. The van der Waals surface area contributed by atoms with Crippen LogP contribution in [0.25, 0.3) is 0 Å². The van der Waals surface area contributed by atoms with Crippen molar-refractivity contribution in [3.63, 3.8) is 0 Å². The Bertz CT molecular complexity index is 1220. The molecule has 2 aliphatic rings. The van der Waals surface area contributed by atoms with Crippen LogP contribution in [0.2, 0.25) is 0 Å². The number of aryl methyl sites for hydroxylation is 1. The quantitative estimate of drug-likeness (QED) is 0.458. The lowest BCUT2D eigenvalue weighted by molar-refractivity contribution is -0.144. The fraction of sp³-hybridized carbons (Fsp3) is 0.478. The van der Waals surface area contributed by atoms with Crippen molar-refractivity contribution in [1.29, 1.82) is 0 Å². The highest BCUT2D eigenvalue weighted by atomic mass is 32.1. The summed E-state index contributed by atoms with van der Waals surface area (Å²) in [5.74, 6) is -1.30. The van der Waals surface area contributed by atoms with Gasteiger partial charge in [0.05, 0.1) is 37.2 Å². The van der Waals surface area contributed by atoms with Crippen LogP contribution in [0.3, 0.4) is 0 Å². The van der Waals surface area contributed by atoms with Crippen LogP contribution in [-0.2, 0) is 0 Å². The summed E-state index contributed by atoms with van der Waals surface area (Å²) < 4.78 is 87.6. The van der Waals surface area contributed by atoms with Crippen molar-refractivity contribution >= 4 is 40.2 Å². The number of likely N-dealkylation sites (tertiary alicyclic amines) is 1. The standard InChI is InChI=1S/C23H24F6N6O2S/c1-12-20(22(38-34-12)33-19-8-30-17(7-31-19)23(27,28)29)21(36)32-14-2-3-15(24)16(6-14)37-11-13-4-5-35(9-13)10-18(25)26/h2-3,6,8,13,17-18H,4-5,7,9-11H2,1H3,(H,31,33)(H,32,36). The molecule has 2 N–H and O–H groups in total. The number of aliphatic imine (C=N–C) groups is 2. The first-order valence-corrected chi connectivity index (χ1v) is 12.4. The molecule has 1 amide bonds. The highest BCUT2D eigenvalue weighted by Gasteiger charge is 2.40. The predicted molar refractivity (Wildman–Crippen MR) is 132 cm³/mol. The minimum atomic E-state index is -4.50. The fourth-order valence-electron chi connectivity index (χ4n) is 4.03. The van der Waals surface area contributed by atoms with Crippen LogP contribution < -0.4 is 15.4 Å². The van der Waals surface area contributed by atoms with E-state index in [1.165, 1.54) is 12.1 Å². The molecule has 1 aromatic carbocycles. The molecule has 1 fully saturated rings. The molecule has 2 unspecified atom stereocenters. The van der Waals surface area contributed by atoms with Gasteiger partial charge >= 0.3 is 6.18 Å². The predicted octanol–water partition coefficient (Wildman–Crippen LogP) is 4.63. The van der Waals surface area contributed by atoms with Gasteiger partial charge in [-0.15, -0.1) is 0 Å². The van der Waals surface area contributed by atoms with E-state index in [0.29, 0.717) is 25.2 Å². The molecule has 2 aromatic rings. The van der Waals surface area contributed by atoms with Gasteiger partial charge in [0.1, 0.15) is 10.8 Å². The zero-order chi connectivity index (χ0) is 27.4. The van der Waals surface area contributed by atoms with Gasteiger partial charge in [-0.1, -0.05) is 0 Å². The van der Waals surface area contributed by atoms with E-state index in [0.717, 1.165) is 23.8 Å². The van der Waals surface area contributed by atoms with Gasteiger partial charge in [0, 0.05) is 24.2 Å². The number of nitrogens with one attached hydrogen (secondary N) is 2. The summed E-state index contributed by atoms with van der Waals surface area (Å²) in [4.78, 5) is 22.0. The molecule has 0 aliphatic carbocycles. The second-order valence-corrected chi connectivity index (χ2v) is 9.65. The van der Waals surface area contributed by atoms with Crippen molar-refractivity contribution in [3.8, 4) is 5.75 Å². The number of halogens is 6. The maximum absolute atomic E-state index is 14.3. The molecule has 0 saturated carbocycles. The molecule has 0 spiro atoms. The second-order valence-electron chi connectivity index (χ2n) is 8.87. The molecule has 2 atom stereocenters. The van der Waals surface area contributed by atoms with Crippen LogP contribution in [0.4, 0.5) is 37.0 Å². The van der Waals surface area contributed by atoms with Crippen molar-refractivity contribution in [3.05, 3.63) is 35.3 Å². The van der Waals surface area contributed by atoms with Crippen molar-refractivity contribution < 1.29 is 35.9 Å². The minimum absolute atomic E-state index is 0.0304. The first-order chi connectivity index (χ1) is 18.0. The number of hydrogen-bond acceptors (Lipinski definition) is 8. The molecular weight excluding hydrogens is 538 g/mol. The zero-order valence-corrected chi connectivity index (χ0v) is 20.9. The largest absolute Gasteiger partial charge is 0.490 e. The van der Waals surface area contributed by atoms with Crippen LogP contribution in [-0.4, -0.2) is 78.7 Å². The molecule has 2 aliphatic heterocycles. The van der Waals surface area contributed by atoms with E-state index < -0.39 is 36.9 Å². The lowest BCUT2D eigenvalue weighted by Gasteiger charge is -2.18. The number of aromatic nitrogens is 1. The normalized spacial score (nSPS) is 20.1. The Labute approximate surface area is 218 Å². The van der Waals surface area contributed by atoms with Crippen LogP contribution in [0.1, 0.15) is 22.5 Å². The average Bonchev–Trinajstić information content (AvgIpc) is 3.44. The average molecular weight is 563 g/mol. The monoisotopic (exact) mass is 562 g/mol. The smallest absolute Gasteiger partial charge is 0.412 e. The Morgan fingerprint density at radius 1 is 1.32 bits per heavy atom. The van der Waals surface area contributed by atoms with Gasteiger partial charge in [0.25, 0.3) is 12.3 Å². The summed E-state index contributed by atoms with van der Waals surface area (Å²) in [6.45, 7) is 1.77. The summed E-state index contributed by atoms with van der Waals surface area (Å²) in [7, 11) is 0. The maximum atomic E-state index is 14.3. The van der Waals surface area contributed by atoms with Crippen molar-refractivity contribution in [2.45, 2.75) is 32.0 Å². The second kappa shape index (κ2) is 11.7. The molecular formula is C23H24F6N6O2S. The number of benzene rings is 1. The van der Waals surface area contributed by atoms with Crippen molar-refractivity contribution in [2.24, 2.45) is 15.9 Å². The van der Waals surface area contributed by atoms with Crippen molar-refractivity contribution in [1.82, 2.24) is 9.27 Å². The van der Waals surface area contributed by atoms with Crippen LogP contribution in [0.5, 0.6) is 5.75 Å². The molecule has 0 radical (unpaired) electrons. The molecule has 1 aromatic heterocycles. The molecule has 38 heavy (non-hydrogen) atoms. The van der Waals surface area contributed by atoms with Gasteiger partial charge in [-0.2, -0.15) is 17.5 Å². The summed E-state index contributed by atoms with van der Waals surface area (Å²) in [6.07, 6.45) is -5.31. The van der Waals surface area contributed by atoms with Gasteiger partial charge < -0.3 is 15.4 Å². The third-order valence-corrected chi connectivity index (χ3v) is 6.80. The number of ether oxygens (including phenoxy) is 1. The third-order valence-electron chi connectivity index (χ3n) is 5.95. The van der Waals surface area contributed by atoms with Gasteiger partial charge in [-0.3, -0.25) is 19.7 Å². The number of rotatable bonds is 8. The highest BCUT2D eigenvalue weighted by molar-refractivity contribution is 7.11. The summed E-state index contributed by atoms with van der Waals surface area (Å²) in [5.41, 5.74) is 0.740. The van der Waals surface area contributed by atoms with Gasteiger partial charge in [-0.05, 0) is 43.6 Å². The number of nitrogens with zero attached hydrogens (tertiary/aromatic N) is 4. The Balaban J connectivity index is 1.38. The molecule has 206 valence electrons. The number of amidine groups is 1. The number of carbonyl (C=O) groups is 1. The Morgan fingerprint density at radius 3 is 2.79 bits per heavy atom. The van der Waals surface area contributed by atoms with Crippen LogP contribution in [0, 0.1) is 18.7 Å². The zero-order valence-electron chi connectivity index (χ0n) is 20.1. The van der Waals surface area contributed by atoms with E-state index in [4.69, 9.17) is 4.74 Å². The Kier molecular flexibility index (Phi) is 8.55. The van der Waals surface area contributed by atoms with Crippen molar-refractivity contribution in [2.75, 3.05) is 43.4 Å². The number of hydrogen-bond donors (Lipinski definition) is 2. The number of alkyl halides is 5. The number of amides is 1. The maximum Gasteiger partial charge on any atom is 0.412 e. The van der Waals surface area contributed by atoms with E-state index in [9.17, 15) is 31.1 Å². The van der Waals surface area contributed by atoms with Gasteiger partial charge in [0.15, 0.2) is 17.6 Å². The fourth-order valence-corrected chi connectivity index (χ4v) is 4.84. The first-order valence-electron chi connectivity index (χ1n) is 11.6. The first kappa shape index (κ1) is 27.8. The molecule has 4 rings (SSSR count). The summed E-state index contributed by atoms with van der Waals surface area (Å²) in [6, 6.07) is 1.87. The van der Waals surface area contributed by atoms with E-state index >= 15 is 0 Å². The van der Waals surface area contributed by atoms with E-state index in [1.807, 2.05) is 0 Å². The molecule has 15 heteroatoms. The Hall–Kier alpha value is -3.20. The van der Waals surface area contributed by atoms with Crippen LogP contribution in [0.15, 0.2) is 28.2 Å². The van der Waals surface area contributed by atoms with E-state index in [2.05, 4.69) is 25.0 Å². The minimum Gasteiger partial charge on any atom is -0.490 e. The molecule has 0 bridgehead atoms. The van der Waals surface area contributed by atoms with E-state index in [-0.39, 0.29) is 46.9 Å². The van der Waals surface area contributed by atoms with Gasteiger partial charge in [-0.25, -0.2) is 13.2 Å².